The first kappa shape index (κ1) is 19.0. The first-order chi connectivity index (χ1) is 12.7. The van der Waals surface area contributed by atoms with Crippen LogP contribution in [0.25, 0.3) is 0 Å². The molecule has 0 atom stereocenters. The van der Waals surface area contributed by atoms with E-state index in [1.54, 1.807) is 12.1 Å². The van der Waals surface area contributed by atoms with E-state index in [1.165, 1.54) is 37.3 Å². The number of benzene rings is 2. The van der Waals surface area contributed by atoms with Gasteiger partial charge in [-0.1, -0.05) is 35.6 Å². The van der Waals surface area contributed by atoms with Crippen LogP contribution in [0.4, 0.5) is 4.39 Å². The molecule has 1 aliphatic carbocycles. The number of hydrogen-bond donors (Lipinski definition) is 0. The maximum Gasteiger partial charge on any atom is 0.140 e. The highest BCUT2D eigenvalue weighted by atomic mass is 35.5. The van der Waals surface area contributed by atoms with Crippen LogP contribution < -0.4 is 0 Å². The van der Waals surface area contributed by atoms with Gasteiger partial charge in [0.2, 0.25) is 0 Å². The van der Waals surface area contributed by atoms with Crippen LogP contribution in [0, 0.1) is 23.6 Å². The molecule has 2 aromatic rings. The van der Waals surface area contributed by atoms with Crippen molar-refractivity contribution in [2.24, 2.45) is 5.92 Å². The molecule has 26 heavy (non-hydrogen) atoms. The highest BCUT2D eigenvalue weighted by Gasteiger charge is 2.22. The smallest absolute Gasteiger partial charge is 0.140 e. The van der Waals surface area contributed by atoms with Crippen molar-refractivity contribution in [3.05, 3.63) is 70.0 Å². The van der Waals surface area contributed by atoms with Crippen LogP contribution in [-0.4, -0.2) is 13.2 Å². The van der Waals surface area contributed by atoms with Gasteiger partial charge in [-0.15, -0.1) is 0 Å². The lowest BCUT2D eigenvalue weighted by Gasteiger charge is -2.28. The average molecular weight is 371 g/mol. The zero-order chi connectivity index (χ0) is 18.4. The molecule has 3 heteroatoms. The third-order valence-electron chi connectivity index (χ3n) is 5.06. The molecule has 0 aliphatic heterocycles. The molecule has 1 saturated carbocycles. The third kappa shape index (κ3) is 5.10. The van der Waals surface area contributed by atoms with Gasteiger partial charge in [-0.2, -0.15) is 0 Å². The number of ether oxygens (including phenoxy) is 1. The van der Waals surface area contributed by atoms with Crippen molar-refractivity contribution in [3.8, 4) is 11.8 Å². The van der Waals surface area contributed by atoms with Gasteiger partial charge in [0.25, 0.3) is 0 Å². The normalized spacial score (nSPS) is 19.7. The predicted molar refractivity (Wildman–Crippen MR) is 105 cm³/mol. The summed E-state index contributed by atoms with van der Waals surface area (Å²) in [6, 6.07) is 12.9. The molecule has 0 bridgehead atoms. The van der Waals surface area contributed by atoms with Crippen LogP contribution in [-0.2, 0) is 4.74 Å². The topological polar surface area (TPSA) is 9.23 Å². The van der Waals surface area contributed by atoms with Gasteiger partial charge in [-0.05, 0) is 80.3 Å². The Bertz CT molecular complexity index is 780. The van der Waals surface area contributed by atoms with Crippen molar-refractivity contribution in [2.45, 2.75) is 38.5 Å². The largest absolute Gasteiger partial charge is 0.381 e. The monoisotopic (exact) mass is 370 g/mol. The highest BCUT2D eigenvalue weighted by Crippen LogP contribution is 2.35. The fraction of sp³-hybridized carbons (Fsp3) is 0.391. The summed E-state index contributed by atoms with van der Waals surface area (Å²) in [6.45, 7) is 3.76. The Kier molecular flexibility index (Phi) is 6.72. The van der Waals surface area contributed by atoms with Crippen molar-refractivity contribution in [2.75, 3.05) is 13.2 Å². The van der Waals surface area contributed by atoms with Crippen LogP contribution >= 0.6 is 11.6 Å². The third-order valence-corrected chi connectivity index (χ3v) is 5.29. The fourth-order valence-electron chi connectivity index (χ4n) is 3.52. The Balaban J connectivity index is 1.60. The second kappa shape index (κ2) is 9.21. The molecule has 0 unspecified atom stereocenters. The van der Waals surface area contributed by atoms with Crippen LogP contribution in [0.2, 0.25) is 5.02 Å². The molecule has 0 spiro atoms. The lowest BCUT2D eigenvalue weighted by molar-refractivity contribution is 0.0920. The van der Waals surface area contributed by atoms with Crippen LogP contribution in [0.1, 0.15) is 55.2 Å². The number of halogens is 2. The molecule has 1 nitrogen and oxygen atoms in total. The van der Waals surface area contributed by atoms with Crippen molar-refractivity contribution in [1.82, 2.24) is 0 Å². The Morgan fingerprint density at radius 3 is 2.42 bits per heavy atom. The number of hydrogen-bond acceptors (Lipinski definition) is 1. The first-order valence-electron chi connectivity index (χ1n) is 9.30. The quantitative estimate of drug-likeness (QED) is 0.583. The van der Waals surface area contributed by atoms with Gasteiger partial charge >= 0.3 is 0 Å². The summed E-state index contributed by atoms with van der Waals surface area (Å²) in [5.41, 5.74) is 2.64. The van der Waals surface area contributed by atoms with Crippen LogP contribution in [0.3, 0.4) is 0 Å². The summed E-state index contributed by atoms with van der Waals surface area (Å²) in [4.78, 5) is 0. The molecule has 0 amide bonds. The van der Waals surface area contributed by atoms with E-state index in [9.17, 15) is 4.39 Å². The van der Waals surface area contributed by atoms with Gasteiger partial charge in [0.05, 0.1) is 5.56 Å². The molecular weight excluding hydrogens is 347 g/mol. The maximum absolute atomic E-state index is 13.8. The Hall–Kier alpha value is -1.82. The molecule has 3 rings (SSSR count). The molecule has 1 aliphatic rings. The summed E-state index contributed by atoms with van der Waals surface area (Å²) in [5.74, 6) is 6.87. The second-order valence-electron chi connectivity index (χ2n) is 6.87. The zero-order valence-corrected chi connectivity index (χ0v) is 15.9. The molecule has 0 N–H and O–H groups in total. The van der Waals surface area contributed by atoms with Crippen molar-refractivity contribution in [3.63, 3.8) is 0 Å². The summed E-state index contributed by atoms with van der Waals surface area (Å²) in [6.07, 6.45) is 4.92. The van der Waals surface area contributed by atoms with Gasteiger partial charge < -0.3 is 4.74 Å². The number of rotatable bonds is 4. The minimum atomic E-state index is -0.384. The minimum absolute atomic E-state index is 0.367. The zero-order valence-electron chi connectivity index (χ0n) is 15.1. The van der Waals surface area contributed by atoms with E-state index < -0.39 is 0 Å². The standard InChI is InChI=1S/C23H24ClFO/c1-2-26-16-18-6-10-20(11-7-18)19-8-3-17(4-9-19)5-12-21-13-14-22(24)15-23(21)25/h3-4,8-9,13-15,18,20H,2,6-7,10-11,16H2,1H3. The van der Waals surface area contributed by atoms with E-state index >= 15 is 0 Å². The molecular formula is C23H24ClFO. The van der Waals surface area contributed by atoms with E-state index in [0.29, 0.717) is 22.4 Å². The Labute approximate surface area is 160 Å². The van der Waals surface area contributed by atoms with Gasteiger partial charge in [-0.3, -0.25) is 0 Å². The van der Waals surface area contributed by atoms with Crippen molar-refractivity contribution in [1.29, 1.82) is 0 Å². The van der Waals surface area contributed by atoms with Crippen LogP contribution in [0.5, 0.6) is 0 Å². The molecule has 1 fully saturated rings. The van der Waals surface area contributed by atoms with Gasteiger partial charge in [0.1, 0.15) is 5.82 Å². The average Bonchev–Trinajstić information content (AvgIpc) is 2.66. The summed E-state index contributed by atoms with van der Waals surface area (Å²) in [5, 5.41) is 0.383. The van der Waals surface area contributed by atoms with E-state index in [4.69, 9.17) is 16.3 Å². The lowest BCUT2D eigenvalue weighted by Crippen LogP contribution is -2.17. The Morgan fingerprint density at radius 2 is 1.77 bits per heavy atom. The van der Waals surface area contributed by atoms with E-state index in [0.717, 1.165) is 18.8 Å². The minimum Gasteiger partial charge on any atom is -0.381 e. The summed E-state index contributed by atoms with van der Waals surface area (Å²) in [7, 11) is 0. The maximum atomic E-state index is 13.8. The fourth-order valence-corrected chi connectivity index (χ4v) is 3.67. The van der Waals surface area contributed by atoms with Crippen molar-refractivity contribution >= 4 is 11.6 Å². The van der Waals surface area contributed by atoms with Gasteiger partial charge in [0, 0.05) is 23.8 Å². The summed E-state index contributed by atoms with van der Waals surface area (Å²) >= 11 is 5.76. The lowest BCUT2D eigenvalue weighted by atomic mass is 9.79. The molecule has 0 aromatic heterocycles. The Morgan fingerprint density at radius 1 is 1.04 bits per heavy atom. The van der Waals surface area contributed by atoms with Gasteiger partial charge in [0.15, 0.2) is 0 Å². The summed E-state index contributed by atoms with van der Waals surface area (Å²) < 4.78 is 19.3. The molecule has 2 aromatic carbocycles. The van der Waals surface area contributed by atoms with E-state index in [1.807, 2.05) is 12.1 Å². The second-order valence-corrected chi connectivity index (χ2v) is 7.31. The first-order valence-corrected chi connectivity index (χ1v) is 9.68. The molecule has 0 radical (unpaired) electrons. The van der Waals surface area contributed by atoms with Gasteiger partial charge in [-0.25, -0.2) is 4.39 Å². The van der Waals surface area contributed by atoms with E-state index in [2.05, 4.69) is 30.9 Å². The SMILES string of the molecule is CCOCC1CCC(c2ccc(C#Cc3ccc(Cl)cc3F)cc2)CC1. The van der Waals surface area contributed by atoms with Crippen LogP contribution in [0.15, 0.2) is 42.5 Å². The van der Waals surface area contributed by atoms with Crippen molar-refractivity contribution < 1.29 is 9.13 Å². The molecule has 136 valence electrons. The molecule has 0 heterocycles. The van der Waals surface area contributed by atoms with E-state index in [-0.39, 0.29) is 5.82 Å². The molecule has 0 saturated heterocycles. The predicted octanol–water partition coefficient (Wildman–Crippen LogP) is 6.19. The highest BCUT2D eigenvalue weighted by molar-refractivity contribution is 6.30.